The van der Waals surface area contributed by atoms with Crippen molar-refractivity contribution in [2.24, 2.45) is 0 Å². The van der Waals surface area contributed by atoms with E-state index < -0.39 is 6.04 Å². The maximum Gasteiger partial charge on any atom is 0.260 e. The van der Waals surface area contributed by atoms with Gasteiger partial charge in [0.1, 0.15) is 11.4 Å². The van der Waals surface area contributed by atoms with Crippen LogP contribution < -0.4 is 14.8 Å². The molecule has 7 heteroatoms. The van der Waals surface area contributed by atoms with E-state index in [0.717, 1.165) is 5.56 Å². The van der Waals surface area contributed by atoms with Crippen molar-refractivity contribution in [3.8, 4) is 11.5 Å². The highest BCUT2D eigenvalue weighted by Gasteiger charge is 2.58. The smallest absolute Gasteiger partial charge is 0.260 e. The first kappa shape index (κ1) is 17.9. The Morgan fingerprint density at radius 3 is 2.52 bits per heavy atom. The van der Waals surface area contributed by atoms with Gasteiger partial charge in [0.2, 0.25) is 5.91 Å². The zero-order valence-electron chi connectivity index (χ0n) is 15.4. The summed E-state index contributed by atoms with van der Waals surface area (Å²) in [5.74, 6) is 0.642. The maximum atomic E-state index is 13.2. The van der Waals surface area contributed by atoms with E-state index in [2.05, 4.69) is 5.32 Å². The average molecular weight is 364 g/mol. The van der Waals surface area contributed by atoms with Crippen LogP contribution in [0.2, 0.25) is 0 Å². The molecule has 136 valence electrons. The van der Waals surface area contributed by atoms with Crippen molar-refractivity contribution >= 4 is 23.6 Å². The molecule has 0 spiro atoms. The van der Waals surface area contributed by atoms with E-state index in [9.17, 15) is 9.59 Å². The molecule has 1 aromatic carbocycles. The molecule has 0 bridgehead atoms. The predicted octanol–water partition coefficient (Wildman–Crippen LogP) is 2.58. The highest BCUT2D eigenvalue weighted by atomic mass is 32.2. The number of fused-ring (bicyclic) bond motifs is 3. The number of benzene rings is 1. The second-order valence-electron chi connectivity index (χ2n) is 7.12. The zero-order valence-corrected chi connectivity index (χ0v) is 16.2. The van der Waals surface area contributed by atoms with Gasteiger partial charge in [-0.2, -0.15) is 0 Å². The number of carbonyl (C=O) groups is 2. The average Bonchev–Trinajstić information content (AvgIpc) is 2.96. The minimum Gasteiger partial charge on any atom is -0.493 e. The highest BCUT2D eigenvalue weighted by molar-refractivity contribution is 8.01. The van der Waals surface area contributed by atoms with Crippen LogP contribution in [0.3, 0.4) is 0 Å². The molecule has 0 aliphatic carbocycles. The van der Waals surface area contributed by atoms with E-state index in [4.69, 9.17) is 9.47 Å². The number of amides is 2. The number of thioether (sulfide) groups is 1. The third kappa shape index (κ3) is 2.65. The highest BCUT2D eigenvalue weighted by Crippen LogP contribution is 2.58. The Morgan fingerprint density at radius 1 is 1.28 bits per heavy atom. The number of nitrogens with zero attached hydrogens (tertiary/aromatic N) is 1. The van der Waals surface area contributed by atoms with Crippen molar-refractivity contribution in [2.45, 2.75) is 49.9 Å². The molecule has 2 amide bonds. The first-order chi connectivity index (χ1) is 11.7. The van der Waals surface area contributed by atoms with Crippen LogP contribution in [-0.4, -0.2) is 47.8 Å². The molecule has 1 saturated heterocycles. The van der Waals surface area contributed by atoms with E-state index in [1.54, 1.807) is 23.8 Å². The SMILES string of the molecule is COc1ccc2c(c1OC)C(=O)N1[C@@H]2SC(C)(C)[C@@H]1C(=O)NC(C)C. The summed E-state index contributed by atoms with van der Waals surface area (Å²) in [6.07, 6.45) is 0. The Kier molecular flexibility index (Phi) is 4.39. The molecule has 2 atom stereocenters. The Hall–Kier alpha value is -1.89. The van der Waals surface area contributed by atoms with Gasteiger partial charge in [0.05, 0.1) is 19.8 Å². The van der Waals surface area contributed by atoms with E-state index in [0.29, 0.717) is 17.1 Å². The third-order valence-electron chi connectivity index (χ3n) is 4.58. The lowest BCUT2D eigenvalue weighted by Gasteiger charge is -2.30. The molecule has 6 nitrogen and oxygen atoms in total. The van der Waals surface area contributed by atoms with Crippen molar-refractivity contribution in [3.63, 3.8) is 0 Å². The molecular formula is C18H24N2O4S. The van der Waals surface area contributed by atoms with Gasteiger partial charge >= 0.3 is 0 Å². The van der Waals surface area contributed by atoms with Gasteiger partial charge < -0.3 is 19.7 Å². The first-order valence-corrected chi connectivity index (χ1v) is 9.16. The quantitative estimate of drug-likeness (QED) is 0.889. The standard InChI is InChI=1S/C18H24N2O4S/c1-9(2)19-15(21)14-18(3,4)25-17-10-7-8-11(23-5)13(24-6)12(10)16(22)20(14)17/h7-9,14,17H,1-6H3,(H,19,21)/t14-,17+/m0/s1. The second-order valence-corrected chi connectivity index (χ2v) is 8.85. The Balaban J connectivity index is 2.08. The number of nitrogens with one attached hydrogen (secondary N) is 1. The summed E-state index contributed by atoms with van der Waals surface area (Å²) in [6.45, 7) is 7.85. The van der Waals surface area contributed by atoms with Gasteiger partial charge in [-0.05, 0) is 33.8 Å². The van der Waals surface area contributed by atoms with Crippen LogP contribution in [-0.2, 0) is 4.79 Å². The van der Waals surface area contributed by atoms with Crippen molar-refractivity contribution < 1.29 is 19.1 Å². The van der Waals surface area contributed by atoms with E-state index >= 15 is 0 Å². The van der Waals surface area contributed by atoms with Crippen LogP contribution in [0.4, 0.5) is 0 Å². The fraction of sp³-hybridized carbons (Fsp3) is 0.556. The van der Waals surface area contributed by atoms with Crippen molar-refractivity contribution in [1.29, 1.82) is 0 Å². The molecule has 0 radical (unpaired) electrons. The van der Waals surface area contributed by atoms with Crippen molar-refractivity contribution in [3.05, 3.63) is 23.3 Å². The number of methoxy groups -OCH3 is 2. The molecule has 1 aromatic rings. The minimum atomic E-state index is -0.541. The lowest BCUT2D eigenvalue weighted by Crippen LogP contribution is -2.53. The van der Waals surface area contributed by atoms with Crippen LogP contribution in [0.5, 0.6) is 11.5 Å². The minimum absolute atomic E-state index is 0.0158. The predicted molar refractivity (Wildman–Crippen MR) is 97.2 cm³/mol. The number of hydrogen-bond acceptors (Lipinski definition) is 5. The van der Waals surface area contributed by atoms with Gasteiger partial charge in [-0.3, -0.25) is 9.59 Å². The van der Waals surface area contributed by atoms with Gasteiger partial charge in [0.25, 0.3) is 5.91 Å². The Labute approximate surface area is 152 Å². The monoisotopic (exact) mass is 364 g/mol. The molecule has 1 N–H and O–H groups in total. The van der Waals surface area contributed by atoms with E-state index in [-0.39, 0.29) is 28.0 Å². The summed E-state index contributed by atoms with van der Waals surface area (Å²) >= 11 is 1.63. The molecule has 2 heterocycles. The second kappa shape index (κ2) is 6.12. The Bertz CT molecular complexity index is 732. The van der Waals surface area contributed by atoms with Gasteiger partial charge in [-0.25, -0.2) is 0 Å². The van der Waals surface area contributed by atoms with Gasteiger partial charge in [-0.1, -0.05) is 6.07 Å². The molecule has 0 saturated carbocycles. The molecule has 25 heavy (non-hydrogen) atoms. The van der Waals surface area contributed by atoms with Gasteiger partial charge in [-0.15, -0.1) is 11.8 Å². The molecule has 2 aliphatic heterocycles. The number of hydrogen-bond donors (Lipinski definition) is 1. The summed E-state index contributed by atoms with van der Waals surface area (Å²) in [7, 11) is 3.07. The molecular weight excluding hydrogens is 340 g/mol. The fourth-order valence-corrected chi connectivity index (χ4v) is 5.20. The summed E-state index contributed by atoms with van der Waals surface area (Å²) in [5, 5.41) is 2.76. The molecule has 3 rings (SSSR count). The topological polar surface area (TPSA) is 67.9 Å². The summed E-state index contributed by atoms with van der Waals surface area (Å²) < 4.78 is 10.4. The number of rotatable bonds is 4. The lowest BCUT2D eigenvalue weighted by atomic mass is 10.0. The summed E-state index contributed by atoms with van der Waals surface area (Å²) in [6, 6.07) is 3.18. The molecule has 0 aromatic heterocycles. The summed E-state index contributed by atoms with van der Waals surface area (Å²) in [5.41, 5.74) is 1.37. The van der Waals surface area contributed by atoms with E-state index in [1.807, 2.05) is 39.8 Å². The molecule has 0 unspecified atom stereocenters. The van der Waals surface area contributed by atoms with Crippen LogP contribution in [0.25, 0.3) is 0 Å². The summed E-state index contributed by atoms with van der Waals surface area (Å²) in [4.78, 5) is 27.7. The van der Waals surface area contributed by atoms with Crippen molar-refractivity contribution in [2.75, 3.05) is 14.2 Å². The lowest BCUT2D eigenvalue weighted by molar-refractivity contribution is -0.126. The van der Waals surface area contributed by atoms with Crippen molar-refractivity contribution in [1.82, 2.24) is 10.2 Å². The van der Waals surface area contributed by atoms with Crippen LogP contribution in [0, 0.1) is 0 Å². The fourth-order valence-electron chi connectivity index (χ4n) is 3.62. The van der Waals surface area contributed by atoms with Crippen LogP contribution >= 0.6 is 11.8 Å². The molecule has 1 fully saturated rings. The number of carbonyl (C=O) groups excluding carboxylic acids is 2. The van der Waals surface area contributed by atoms with Crippen LogP contribution in [0.15, 0.2) is 12.1 Å². The molecule has 2 aliphatic rings. The Morgan fingerprint density at radius 2 is 1.96 bits per heavy atom. The largest absolute Gasteiger partial charge is 0.493 e. The zero-order chi connectivity index (χ0) is 18.5. The van der Waals surface area contributed by atoms with Gasteiger partial charge in [0.15, 0.2) is 11.5 Å². The maximum absolute atomic E-state index is 13.2. The van der Waals surface area contributed by atoms with Crippen LogP contribution in [0.1, 0.15) is 49.0 Å². The third-order valence-corrected chi connectivity index (χ3v) is 6.11. The number of ether oxygens (including phenoxy) is 2. The normalized spacial score (nSPS) is 23.5. The first-order valence-electron chi connectivity index (χ1n) is 8.28. The van der Waals surface area contributed by atoms with E-state index in [1.165, 1.54) is 7.11 Å². The van der Waals surface area contributed by atoms with Gasteiger partial charge in [0, 0.05) is 16.4 Å².